The van der Waals surface area contributed by atoms with Gasteiger partial charge in [-0.15, -0.1) is 0 Å². The van der Waals surface area contributed by atoms with Crippen LogP contribution >= 0.6 is 0 Å². The lowest BCUT2D eigenvalue weighted by atomic mass is 9.83. The summed E-state index contributed by atoms with van der Waals surface area (Å²) in [4.78, 5) is 28.3. The number of hydrogen-bond donors (Lipinski definition) is 0. The molecule has 1 aromatic heterocycles. The van der Waals surface area contributed by atoms with Gasteiger partial charge in [-0.1, -0.05) is 0 Å². The standard InChI is InChI=1S/C17H23FN4O3/c18-14-8-19-17(20-9-14)21-5-3-15-12(10-21)7-13(11-24-15)16(23)22-4-1-2-6-25-22/h8-9,12-13,15H,1-7,10-11H2/t12-,13-,15+/m1/s1. The zero-order valence-electron chi connectivity index (χ0n) is 14.1. The second kappa shape index (κ2) is 7.21. The van der Waals surface area contributed by atoms with Crippen molar-refractivity contribution in [2.75, 3.05) is 37.7 Å². The molecule has 0 aromatic carbocycles. The van der Waals surface area contributed by atoms with Crippen molar-refractivity contribution in [3.05, 3.63) is 18.2 Å². The number of amides is 1. The van der Waals surface area contributed by atoms with Gasteiger partial charge in [-0.2, -0.15) is 0 Å². The number of ether oxygens (including phenoxy) is 1. The molecule has 3 atom stereocenters. The average Bonchev–Trinajstić information content (AvgIpc) is 2.68. The molecule has 8 heteroatoms. The third kappa shape index (κ3) is 3.59. The van der Waals surface area contributed by atoms with Gasteiger partial charge >= 0.3 is 0 Å². The fourth-order valence-corrected chi connectivity index (χ4v) is 3.93. The molecule has 3 aliphatic rings. The summed E-state index contributed by atoms with van der Waals surface area (Å²) in [5.41, 5.74) is 0. The molecule has 25 heavy (non-hydrogen) atoms. The maximum absolute atomic E-state index is 13.0. The third-order valence-corrected chi connectivity index (χ3v) is 5.25. The molecule has 4 heterocycles. The predicted octanol–water partition coefficient (Wildman–Crippen LogP) is 1.40. The van der Waals surface area contributed by atoms with Gasteiger partial charge in [0.25, 0.3) is 5.91 Å². The quantitative estimate of drug-likeness (QED) is 0.803. The van der Waals surface area contributed by atoms with Crippen LogP contribution in [-0.4, -0.2) is 59.9 Å². The number of carbonyl (C=O) groups is 1. The molecule has 3 fully saturated rings. The monoisotopic (exact) mass is 350 g/mol. The van der Waals surface area contributed by atoms with Crippen LogP contribution in [0, 0.1) is 17.7 Å². The van der Waals surface area contributed by atoms with Crippen LogP contribution in [0.15, 0.2) is 12.4 Å². The average molecular weight is 350 g/mol. The fourth-order valence-electron chi connectivity index (χ4n) is 3.93. The van der Waals surface area contributed by atoms with E-state index in [4.69, 9.17) is 9.57 Å². The van der Waals surface area contributed by atoms with E-state index in [1.165, 1.54) is 17.5 Å². The number of anilines is 1. The Balaban J connectivity index is 1.39. The Morgan fingerprint density at radius 2 is 2.08 bits per heavy atom. The van der Waals surface area contributed by atoms with E-state index in [-0.39, 0.29) is 23.8 Å². The maximum atomic E-state index is 13.0. The van der Waals surface area contributed by atoms with Crippen molar-refractivity contribution in [3.8, 4) is 0 Å². The van der Waals surface area contributed by atoms with E-state index < -0.39 is 5.82 Å². The van der Waals surface area contributed by atoms with Crippen molar-refractivity contribution in [1.29, 1.82) is 0 Å². The molecule has 136 valence electrons. The number of halogens is 1. The summed E-state index contributed by atoms with van der Waals surface area (Å²) in [6, 6.07) is 0. The van der Waals surface area contributed by atoms with Crippen LogP contribution in [0.1, 0.15) is 25.7 Å². The number of aromatic nitrogens is 2. The molecule has 1 amide bonds. The normalized spacial score (nSPS) is 30.0. The first-order valence-corrected chi connectivity index (χ1v) is 8.99. The van der Waals surface area contributed by atoms with Gasteiger partial charge in [0.15, 0.2) is 5.82 Å². The topological polar surface area (TPSA) is 67.8 Å². The molecule has 4 rings (SSSR count). The van der Waals surface area contributed by atoms with Crippen molar-refractivity contribution in [3.63, 3.8) is 0 Å². The van der Waals surface area contributed by atoms with Crippen molar-refractivity contribution < 1.29 is 18.8 Å². The summed E-state index contributed by atoms with van der Waals surface area (Å²) in [6.45, 7) is 3.24. The highest BCUT2D eigenvalue weighted by molar-refractivity contribution is 5.78. The summed E-state index contributed by atoms with van der Waals surface area (Å²) in [7, 11) is 0. The van der Waals surface area contributed by atoms with Crippen LogP contribution in [-0.2, 0) is 14.4 Å². The molecule has 0 radical (unpaired) electrons. The second-order valence-electron chi connectivity index (χ2n) is 6.98. The first-order chi connectivity index (χ1) is 12.2. The van der Waals surface area contributed by atoms with Gasteiger partial charge in [0.2, 0.25) is 5.95 Å². The number of fused-ring (bicyclic) bond motifs is 1. The van der Waals surface area contributed by atoms with Crippen LogP contribution in [0.4, 0.5) is 10.3 Å². The highest BCUT2D eigenvalue weighted by atomic mass is 19.1. The molecule has 0 saturated carbocycles. The zero-order chi connectivity index (χ0) is 17.2. The van der Waals surface area contributed by atoms with Gasteiger partial charge < -0.3 is 9.64 Å². The number of hydrogen-bond acceptors (Lipinski definition) is 6. The molecule has 0 spiro atoms. The maximum Gasteiger partial charge on any atom is 0.251 e. The number of carbonyl (C=O) groups excluding carboxylic acids is 1. The number of nitrogens with zero attached hydrogens (tertiary/aromatic N) is 4. The molecular formula is C17H23FN4O3. The summed E-state index contributed by atoms with van der Waals surface area (Å²) in [6.07, 6.45) is 6.18. The highest BCUT2D eigenvalue weighted by Gasteiger charge is 2.40. The molecule has 7 nitrogen and oxygen atoms in total. The first-order valence-electron chi connectivity index (χ1n) is 8.99. The van der Waals surface area contributed by atoms with Gasteiger partial charge in [-0.05, 0) is 25.7 Å². The van der Waals surface area contributed by atoms with Crippen LogP contribution in [0.25, 0.3) is 0 Å². The van der Waals surface area contributed by atoms with Crippen molar-refractivity contribution in [1.82, 2.24) is 15.0 Å². The molecule has 0 N–H and O–H groups in total. The van der Waals surface area contributed by atoms with Crippen molar-refractivity contribution in [2.24, 2.45) is 11.8 Å². The molecule has 1 aromatic rings. The molecule has 3 saturated heterocycles. The van der Waals surface area contributed by atoms with Crippen molar-refractivity contribution in [2.45, 2.75) is 31.8 Å². The SMILES string of the molecule is O=C([C@H]1CO[C@H]2CCN(c3ncc(F)cn3)C[C@H]2C1)N1CCCCO1. The van der Waals surface area contributed by atoms with Gasteiger partial charge in [-0.25, -0.2) is 19.4 Å². The van der Waals surface area contributed by atoms with Gasteiger partial charge in [0.1, 0.15) is 0 Å². The van der Waals surface area contributed by atoms with E-state index in [9.17, 15) is 9.18 Å². The lowest BCUT2D eigenvalue weighted by molar-refractivity contribution is -0.207. The summed E-state index contributed by atoms with van der Waals surface area (Å²) in [5, 5.41) is 1.52. The Morgan fingerprint density at radius 3 is 2.84 bits per heavy atom. The number of hydroxylamine groups is 2. The van der Waals surface area contributed by atoms with E-state index >= 15 is 0 Å². The van der Waals surface area contributed by atoms with Crippen LogP contribution in [0.2, 0.25) is 0 Å². The lowest BCUT2D eigenvalue weighted by Gasteiger charge is -2.43. The minimum absolute atomic E-state index is 0.0355. The zero-order valence-corrected chi connectivity index (χ0v) is 14.1. The largest absolute Gasteiger partial charge is 0.377 e. The Kier molecular flexibility index (Phi) is 4.80. The van der Waals surface area contributed by atoms with Crippen molar-refractivity contribution >= 4 is 11.9 Å². The van der Waals surface area contributed by atoms with Crippen LogP contribution in [0.5, 0.6) is 0 Å². The minimum atomic E-state index is -0.438. The summed E-state index contributed by atoms with van der Waals surface area (Å²) in [5.74, 6) is 0.219. The van der Waals surface area contributed by atoms with E-state index in [0.29, 0.717) is 25.7 Å². The Hall–Kier alpha value is -1.80. The van der Waals surface area contributed by atoms with E-state index in [2.05, 4.69) is 9.97 Å². The van der Waals surface area contributed by atoms with Crippen LogP contribution < -0.4 is 4.90 Å². The van der Waals surface area contributed by atoms with E-state index in [1.54, 1.807) is 0 Å². The third-order valence-electron chi connectivity index (χ3n) is 5.25. The highest BCUT2D eigenvalue weighted by Crippen LogP contribution is 2.33. The smallest absolute Gasteiger partial charge is 0.251 e. The molecular weight excluding hydrogens is 327 g/mol. The molecule has 0 aliphatic carbocycles. The summed E-state index contributed by atoms with van der Waals surface area (Å²) >= 11 is 0. The molecule has 0 bridgehead atoms. The minimum Gasteiger partial charge on any atom is -0.377 e. The lowest BCUT2D eigenvalue weighted by Crippen LogP contribution is -2.51. The molecule has 3 aliphatic heterocycles. The number of piperidine rings is 1. The van der Waals surface area contributed by atoms with Crippen LogP contribution in [0.3, 0.4) is 0 Å². The van der Waals surface area contributed by atoms with E-state index in [0.717, 1.165) is 38.8 Å². The number of rotatable bonds is 2. The second-order valence-corrected chi connectivity index (χ2v) is 6.98. The van der Waals surface area contributed by atoms with Gasteiger partial charge in [-0.3, -0.25) is 9.63 Å². The predicted molar refractivity (Wildman–Crippen MR) is 87.1 cm³/mol. The summed E-state index contributed by atoms with van der Waals surface area (Å²) < 4.78 is 19.0. The Morgan fingerprint density at radius 1 is 1.24 bits per heavy atom. The molecule has 0 unspecified atom stereocenters. The Bertz CT molecular complexity index is 608. The van der Waals surface area contributed by atoms with Gasteiger partial charge in [0.05, 0.1) is 37.6 Å². The van der Waals surface area contributed by atoms with Gasteiger partial charge in [0, 0.05) is 25.6 Å². The van der Waals surface area contributed by atoms with E-state index in [1.807, 2.05) is 4.90 Å². The first kappa shape index (κ1) is 16.7. The fraction of sp³-hybridized carbons (Fsp3) is 0.706. The Labute approximate surface area is 146 Å².